The zero-order chi connectivity index (χ0) is 10.6. The summed E-state index contributed by atoms with van der Waals surface area (Å²) in [4.78, 5) is 4.34. The maximum atomic E-state index is 6.11. The molecule has 1 heterocycles. The van der Waals surface area contributed by atoms with E-state index < -0.39 is 0 Å². The molecule has 0 saturated carbocycles. The number of hydrogen-bond acceptors (Lipinski definition) is 2. The summed E-state index contributed by atoms with van der Waals surface area (Å²) >= 11 is 0. The van der Waals surface area contributed by atoms with Crippen LogP contribution in [0.5, 0.6) is 0 Å². The second-order valence-electron chi connectivity index (χ2n) is 4.06. The van der Waals surface area contributed by atoms with E-state index in [9.17, 15) is 0 Å². The number of nitrogens with two attached hydrogens (primary N) is 1. The number of hydrogen-bond donors (Lipinski definition) is 1. The topological polar surface area (TPSA) is 38.9 Å². The predicted molar refractivity (Wildman–Crippen MR) is 60.0 cm³/mol. The van der Waals surface area contributed by atoms with E-state index in [2.05, 4.69) is 31.8 Å². The molecule has 2 atom stereocenters. The van der Waals surface area contributed by atoms with Crippen molar-refractivity contribution in [2.24, 2.45) is 11.7 Å². The summed E-state index contributed by atoms with van der Waals surface area (Å²) in [5.41, 5.74) is 8.36. The highest BCUT2D eigenvalue weighted by atomic mass is 14.8. The van der Waals surface area contributed by atoms with Gasteiger partial charge in [0.05, 0.1) is 5.69 Å². The van der Waals surface area contributed by atoms with Crippen LogP contribution < -0.4 is 5.73 Å². The summed E-state index contributed by atoms with van der Waals surface area (Å²) in [7, 11) is 0. The Morgan fingerprint density at radius 1 is 1.50 bits per heavy atom. The first kappa shape index (κ1) is 11.2. The third-order valence-corrected chi connectivity index (χ3v) is 2.75. The number of rotatable bonds is 4. The molecule has 1 aromatic heterocycles. The van der Waals surface area contributed by atoms with Crippen LogP contribution in [0, 0.1) is 12.8 Å². The fourth-order valence-electron chi connectivity index (χ4n) is 1.60. The van der Waals surface area contributed by atoms with Crippen molar-refractivity contribution in [2.75, 3.05) is 0 Å². The number of nitrogens with zero attached hydrogens (tertiary/aromatic N) is 1. The van der Waals surface area contributed by atoms with Crippen LogP contribution in [0.25, 0.3) is 0 Å². The lowest BCUT2D eigenvalue weighted by Crippen LogP contribution is -2.16. The summed E-state index contributed by atoms with van der Waals surface area (Å²) in [5, 5.41) is 0. The quantitative estimate of drug-likeness (QED) is 0.796. The van der Waals surface area contributed by atoms with Crippen molar-refractivity contribution in [3.8, 4) is 0 Å². The Balaban J connectivity index is 2.69. The van der Waals surface area contributed by atoms with Crippen molar-refractivity contribution < 1.29 is 0 Å². The first-order chi connectivity index (χ1) is 6.65. The molecule has 0 aliphatic rings. The number of aromatic nitrogens is 1. The van der Waals surface area contributed by atoms with E-state index in [0.717, 1.165) is 12.1 Å². The smallest absolute Gasteiger partial charge is 0.0600 e. The van der Waals surface area contributed by atoms with Gasteiger partial charge >= 0.3 is 0 Å². The van der Waals surface area contributed by atoms with Crippen molar-refractivity contribution in [1.29, 1.82) is 0 Å². The van der Waals surface area contributed by atoms with Crippen LogP contribution in [-0.2, 0) is 0 Å². The Labute approximate surface area is 86.5 Å². The molecular formula is C12H20N2. The van der Waals surface area contributed by atoms with Gasteiger partial charge in [-0.2, -0.15) is 0 Å². The molecule has 0 saturated heterocycles. The minimum Gasteiger partial charge on any atom is -0.323 e. The van der Waals surface area contributed by atoms with E-state index in [-0.39, 0.29) is 6.04 Å². The predicted octanol–water partition coefficient (Wildman–Crippen LogP) is 2.83. The third-order valence-electron chi connectivity index (χ3n) is 2.75. The molecule has 0 aliphatic heterocycles. The fraction of sp³-hybridized carbons (Fsp3) is 0.583. The highest BCUT2D eigenvalue weighted by Gasteiger charge is 2.12. The molecule has 0 spiro atoms. The van der Waals surface area contributed by atoms with Crippen molar-refractivity contribution in [3.05, 3.63) is 29.6 Å². The van der Waals surface area contributed by atoms with Gasteiger partial charge in [0.15, 0.2) is 0 Å². The zero-order valence-electron chi connectivity index (χ0n) is 9.33. The molecule has 14 heavy (non-hydrogen) atoms. The van der Waals surface area contributed by atoms with Gasteiger partial charge in [-0.25, -0.2) is 0 Å². The minimum absolute atomic E-state index is 0.0890. The average molecular weight is 192 g/mol. The lowest BCUT2D eigenvalue weighted by atomic mass is 9.96. The van der Waals surface area contributed by atoms with E-state index >= 15 is 0 Å². The molecule has 0 aromatic carbocycles. The molecule has 1 aromatic rings. The minimum atomic E-state index is 0.0890. The van der Waals surface area contributed by atoms with Gasteiger partial charge in [0.25, 0.3) is 0 Å². The molecule has 0 radical (unpaired) electrons. The number of aryl methyl sites for hydroxylation is 1. The van der Waals surface area contributed by atoms with Gasteiger partial charge < -0.3 is 5.73 Å². The lowest BCUT2D eigenvalue weighted by molar-refractivity contribution is 0.455. The monoisotopic (exact) mass is 192 g/mol. The molecule has 2 heteroatoms. The Hall–Kier alpha value is -0.890. The molecule has 0 aliphatic carbocycles. The summed E-state index contributed by atoms with van der Waals surface area (Å²) in [6.45, 7) is 6.50. The fourth-order valence-corrected chi connectivity index (χ4v) is 1.60. The van der Waals surface area contributed by atoms with E-state index in [1.54, 1.807) is 0 Å². The van der Waals surface area contributed by atoms with E-state index in [1.807, 2.05) is 12.3 Å². The second kappa shape index (κ2) is 5.11. The van der Waals surface area contributed by atoms with Crippen LogP contribution in [0.2, 0.25) is 0 Å². The maximum absolute atomic E-state index is 6.11. The molecule has 1 rings (SSSR count). The summed E-state index contributed by atoms with van der Waals surface area (Å²) in [6.07, 6.45) is 4.02. The van der Waals surface area contributed by atoms with Crippen molar-refractivity contribution in [3.63, 3.8) is 0 Å². The highest BCUT2D eigenvalue weighted by molar-refractivity contribution is 5.20. The summed E-state index contributed by atoms with van der Waals surface area (Å²) in [6, 6.07) is 4.11. The zero-order valence-corrected chi connectivity index (χ0v) is 9.33. The van der Waals surface area contributed by atoms with Gasteiger partial charge in [0.1, 0.15) is 0 Å². The SMILES string of the molecule is CCC(C)CC(N)c1ncccc1C. The molecule has 2 unspecified atom stereocenters. The largest absolute Gasteiger partial charge is 0.323 e. The molecule has 78 valence electrons. The average Bonchev–Trinajstić information content (AvgIpc) is 2.18. The molecule has 0 fully saturated rings. The van der Waals surface area contributed by atoms with Crippen LogP contribution in [0.1, 0.15) is 44.0 Å². The van der Waals surface area contributed by atoms with Gasteiger partial charge in [-0.15, -0.1) is 0 Å². The van der Waals surface area contributed by atoms with Gasteiger partial charge in [0.2, 0.25) is 0 Å². The van der Waals surface area contributed by atoms with Gasteiger partial charge in [0, 0.05) is 12.2 Å². The molecule has 2 nitrogen and oxygen atoms in total. The van der Waals surface area contributed by atoms with Crippen molar-refractivity contribution >= 4 is 0 Å². The molecule has 0 bridgehead atoms. The Morgan fingerprint density at radius 3 is 2.79 bits per heavy atom. The van der Waals surface area contributed by atoms with Crippen LogP contribution in [0.3, 0.4) is 0 Å². The van der Waals surface area contributed by atoms with E-state index in [4.69, 9.17) is 5.73 Å². The second-order valence-corrected chi connectivity index (χ2v) is 4.06. The van der Waals surface area contributed by atoms with Crippen LogP contribution in [0.15, 0.2) is 18.3 Å². The summed E-state index contributed by atoms with van der Waals surface area (Å²) < 4.78 is 0. The molecule has 2 N–H and O–H groups in total. The third kappa shape index (κ3) is 2.81. The Kier molecular flexibility index (Phi) is 4.08. The first-order valence-corrected chi connectivity index (χ1v) is 5.32. The van der Waals surface area contributed by atoms with Crippen molar-refractivity contribution in [1.82, 2.24) is 4.98 Å². The van der Waals surface area contributed by atoms with Gasteiger partial charge in [-0.3, -0.25) is 4.98 Å². The normalized spacial score (nSPS) is 15.1. The Morgan fingerprint density at radius 2 is 2.21 bits per heavy atom. The highest BCUT2D eigenvalue weighted by Crippen LogP contribution is 2.21. The van der Waals surface area contributed by atoms with Crippen LogP contribution in [0.4, 0.5) is 0 Å². The van der Waals surface area contributed by atoms with Gasteiger partial charge in [-0.05, 0) is 30.9 Å². The van der Waals surface area contributed by atoms with Crippen molar-refractivity contribution in [2.45, 2.75) is 39.7 Å². The first-order valence-electron chi connectivity index (χ1n) is 5.32. The standard InChI is InChI=1S/C12H20N2/c1-4-9(2)8-11(13)12-10(3)6-5-7-14-12/h5-7,9,11H,4,8,13H2,1-3H3. The number of pyridine rings is 1. The molecular weight excluding hydrogens is 172 g/mol. The van der Waals surface area contributed by atoms with Crippen LogP contribution in [-0.4, -0.2) is 4.98 Å². The van der Waals surface area contributed by atoms with E-state index in [0.29, 0.717) is 5.92 Å². The van der Waals surface area contributed by atoms with E-state index in [1.165, 1.54) is 12.0 Å². The lowest BCUT2D eigenvalue weighted by Gasteiger charge is -2.16. The maximum Gasteiger partial charge on any atom is 0.0600 e. The summed E-state index contributed by atoms with van der Waals surface area (Å²) in [5.74, 6) is 0.673. The van der Waals surface area contributed by atoms with Crippen LogP contribution >= 0.6 is 0 Å². The van der Waals surface area contributed by atoms with Gasteiger partial charge in [-0.1, -0.05) is 26.3 Å². The Bertz CT molecular complexity index is 283. The molecule has 0 amide bonds.